The minimum atomic E-state index is -0.604. The van der Waals surface area contributed by atoms with Crippen LogP contribution < -0.4 is 22.5 Å². The SMILES string of the molecule is NC(=O)C(N)CCCCNC(=O)c1ccc(N)cc1. The summed E-state index contributed by atoms with van der Waals surface area (Å²) in [5, 5.41) is 2.78. The van der Waals surface area contributed by atoms with E-state index in [4.69, 9.17) is 17.2 Å². The van der Waals surface area contributed by atoms with Gasteiger partial charge in [0.15, 0.2) is 0 Å². The lowest BCUT2D eigenvalue weighted by Crippen LogP contribution is -2.36. The Bertz CT molecular complexity index is 431. The smallest absolute Gasteiger partial charge is 0.251 e. The lowest BCUT2D eigenvalue weighted by Gasteiger charge is -2.08. The van der Waals surface area contributed by atoms with Gasteiger partial charge in [0.1, 0.15) is 0 Å². The molecule has 6 nitrogen and oxygen atoms in total. The van der Waals surface area contributed by atoms with E-state index >= 15 is 0 Å². The zero-order valence-corrected chi connectivity index (χ0v) is 10.8. The molecular formula is C13H20N4O2. The minimum absolute atomic E-state index is 0.140. The lowest BCUT2D eigenvalue weighted by molar-refractivity contribution is -0.119. The minimum Gasteiger partial charge on any atom is -0.399 e. The zero-order chi connectivity index (χ0) is 14.3. The Balaban J connectivity index is 2.21. The van der Waals surface area contributed by atoms with Gasteiger partial charge in [0.2, 0.25) is 5.91 Å². The molecule has 6 heteroatoms. The molecule has 0 bridgehead atoms. The molecule has 0 aliphatic rings. The molecule has 19 heavy (non-hydrogen) atoms. The van der Waals surface area contributed by atoms with E-state index in [0.717, 1.165) is 12.8 Å². The van der Waals surface area contributed by atoms with Gasteiger partial charge < -0.3 is 22.5 Å². The van der Waals surface area contributed by atoms with Crippen molar-refractivity contribution < 1.29 is 9.59 Å². The molecule has 0 radical (unpaired) electrons. The van der Waals surface area contributed by atoms with Gasteiger partial charge in [-0.15, -0.1) is 0 Å². The molecule has 1 aromatic rings. The first-order valence-corrected chi connectivity index (χ1v) is 6.19. The molecule has 0 aliphatic carbocycles. The molecule has 0 aromatic heterocycles. The first kappa shape index (κ1) is 15.0. The van der Waals surface area contributed by atoms with Crippen molar-refractivity contribution in [2.45, 2.75) is 25.3 Å². The Morgan fingerprint density at radius 3 is 2.37 bits per heavy atom. The number of nitrogens with one attached hydrogen (secondary N) is 1. The highest BCUT2D eigenvalue weighted by Gasteiger charge is 2.08. The van der Waals surface area contributed by atoms with Crippen molar-refractivity contribution >= 4 is 17.5 Å². The average Bonchev–Trinajstić information content (AvgIpc) is 2.38. The predicted octanol–water partition coefficient (Wildman–Crippen LogP) is -0.0185. The van der Waals surface area contributed by atoms with Crippen LogP contribution in [0.1, 0.15) is 29.6 Å². The van der Waals surface area contributed by atoms with Gasteiger partial charge >= 0.3 is 0 Å². The van der Waals surface area contributed by atoms with Gasteiger partial charge in [-0.1, -0.05) is 0 Å². The Hall–Kier alpha value is -2.08. The molecule has 7 N–H and O–H groups in total. The van der Waals surface area contributed by atoms with Crippen LogP contribution in [-0.4, -0.2) is 24.4 Å². The fourth-order valence-corrected chi connectivity index (χ4v) is 1.57. The van der Waals surface area contributed by atoms with E-state index in [1.807, 2.05) is 0 Å². The quantitative estimate of drug-likeness (QED) is 0.408. The maximum absolute atomic E-state index is 11.7. The Morgan fingerprint density at radius 2 is 1.79 bits per heavy atom. The molecule has 104 valence electrons. The number of carbonyl (C=O) groups is 2. The molecule has 0 saturated carbocycles. The highest BCUT2D eigenvalue weighted by Crippen LogP contribution is 2.05. The average molecular weight is 264 g/mol. The van der Waals surface area contributed by atoms with Crippen molar-refractivity contribution in [3.05, 3.63) is 29.8 Å². The number of nitrogen functional groups attached to an aromatic ring is 1. The number of primary amides is 1. The van der Waals surface area contributed by atoms with Crippen molar-refractivity contribution in [1.29, 1.82) is 0 Å². The van der Waals surface area contributed by atoms with Crippen molar-refractivity contribution in [2.24, 2.45) is 11.5 Å². The molecule has 0 aliphatic heterocycles. The fraction of sp³-hybridized carbons (Fsp3) is 0.385. The molecule has 0 heterocycles. The molecule has 1 unspecified atom stereocenters. The number of benzene rings is 1. The summed E-state index contributed by atoms with van der Waals surface area (Å²) < 4.78 is 0. The number of rotatable bonds is 7. The largest absolute Gasteiger partial charge is 0.399 e. The van der Waals surface area contributed by atoms with Crippen LogP contribution in [0.5, 0.6) is 0 Å². The third-order valence-electron chi connectivity index (χ3n) is 2.77. The molecule has 0 fully saturated rings. The van der Waals surface area contributed by atoms with Crippen molar-refractivity contribution in [2.75, 3.05) is 12.3 Å². The summed E-state index contributed by atoms with van der Waals surface area (Å²) >= 11 is 0. The van der Waals surface area contributed by atoms with Crippen LogP contribution in [0.4, 0.5) is 5.69 Å². The van der Waals surface area contributed by atoms with Crippen LogP contribution in [0.3, 0.4) is 0 Å². The van der Waals surface area contributed by atoms with E-state index in [9.17, 15) is 9.59 Å². The number of nitrogens with two attached hydrogens (primary N) is 3. The first-order chi connectivity index (χ1) is 9.00. The number of anilines is 1. The Kier molecular flexibility index (Phi) is 5.81. The Labute approximate surface area is 112 Å². The second-order valence-electron chi connectivity index (χ2n) is 4.38. The predicted molar refractivity (Wildman–Crippen MR) is 74.2 cm³/mol. The van der Waals surface area contributed by atoms with Gasteiger partial charge in [-0.05, 0) is 43.5 Å². The molecule has 1 aromatic carbocycles. The second kappa shape index (κ2) is 7.38. The van der Waals surface area contributed by atoms with Crippen molar-refractivity contribution in [3.8, 4) is 0 Å². The van der Waals surface area contributed by atoms with E-state index in [0.29, 0.717) is 24.2 Å². The van der Waals surface area contributed by atoms with Crippen LogP contribution in [-0.2, 0) is 4.79 Å². The van der Waals surface area contributed by atoms with E-state index in [1.165, 1.54) is 0 Å². The number of hydrogen-bond acceptors (Lipinski definition) is 4. The standard InChI is InChI=1S/C13H20N4O2/c14-10-6-4-9(5-7-10)13(19)17-8-2-1-3-11(15)12(16)18/h4-7,11H,1-3,8,14-15H2,(H2,16,18)(H,17,19). The van der Waals surface area contributed by atoms with Crippen molar-refractivity contribution in [3.63, 3.8) is 0 Å². The van der Waals surface area contributed by atoms with Crippen LogP contribution in [0.2, 0.25) is 0 Å². The highest BCUT2D eigenvalue weighted by molar-refractivity contribution is 5.94. The molecule has 1 rings (SSSR count). The van der Waals surface area contributed by atoms with Crippen molar-refractivity contribution in [1.82, 2.24) is 5.32 Å². The van der Waals surface area contributed by atoms with Crippen LogP contribution >= 0.6 is 0 Å². The number of carbonyl (C=O) groups excluding carboxylic acids is 2. The monoisotopic (exact) mass is 264 g/mol. The van der Waals surface area contributed by atoms with Gasteiger partial charge in [0, 0.05) is 17.8 Å². The summed E-state index contributed by atoms with van der Waals surface area (Å²) in [5.74, 6) is -0.634. The third kappa shape index (κ3) is 5.39. The Morgan fingerprint density at radius 1 is 1.16 bits per heavy atom. The normalized spacial score (nSPS) is 11.8. The summed E-state index contributed by atoms with van der Waals surface area (Å²) in [6.07, 6.45) is 2.03. The number of amides is 2. The van der Waals surface area contributed by atoms with Gasteiger partial charge in [-0.3, -0.25) is 9.59 Å². The van der Waals surface area contributed by atoms with Gasteiger partial charge in [-0.25, -0.2) is 0 Å². The fourth-order valence-electron chi connectivity index (χ4n) is 1.57. The summed E-state index contributed by atoms with van der Waals surface area (Å²) in [6.45, 7) is 0.536. The first-order valence-electron chi connectivity index (χ1n) is 6.19. The van der Waals surface area contributed by atoms with Gasteiger partial charge in [0.25, 0.3) is 5.91 Å². The summed E-state index contributed by atoms with van der Waals surface area (Å²) in [6, 6.07) is 6.11. The topological polar surface area (TPSA) is 124 Å². The maximum Gasteiger partial charge on any atom is 0.251 e. The highest BCUT2D eigenvalue weighted by atomic mass is 16.2. The van der Waals surface area contributed by atoms with Crippen LogP contribution in [0.15, 0.2) is 24.3 Å². The van der Waals surface area contributed by atoms with Crippen LogP contribution in [0.25, 0.3) is 0 Å². The summed E-state index contributed by atoms with van der Waals surface area (Å²) in [4.78, 5) is 22.4. The zero-order valence-electron chi connectivity index (χ0n) is 10.8. The summed E-state index contributed by atoms with van der Waals surface area (Å²) in [7, 11) is 0. The lowest BCUT2D eigenvalue weighted by atomic mass is 10.1. The molecular weight excluding hydrogens is 244 g/mol. The second-order valence-corrected chi connectivity index (χ2v) is 4.38. The number of unbranched alkanes of at least 4 members (excludes halogenated alkanes) is 1. The van der Waals surface area contributed by atoms with Gasteiger partial charge in [-0.2, -0.15) is 0 Å². The van der Waals surface area contributed by atoms with Crippen LogP contribution in [0, 0.1) is 0 Å². The molecule has 2 amide bonds. The number of hydrogen-bond donors (Lipinski definition) is 4. The van der Waals surface area contributed by atoms with Gasteiger partial charge in [0.05, 0.1) is 6.04 Å². The van der Waals surface area contributed by atoms with E-state index in [1.54, 1.807) is 24.3 Å². The van der Waals surface area contributed by atoms with E-state index in [2.05, 4.69) is 5.32 Å². The summed E-state index contributed by atoms with van der Waals surface area (Å²) in [5.41, 5.74) is 17.3. The maximum atomic E-state index is 11.7. The molecule has 1 atom stereocenters. The molecule has 0 saturated heterocycles. The molecule has 0 spiro atoms. The van der Waals surface area contributed by atoms with E-state index in [-0.39, 0.29) is 5.91 Å². The van der Waals surface area contributed by atoms with E-state index < -0.39 is 11.9 Å². The third-order valence-corrected chi connectivity index (χ3v) is 2.77.